The molecule has 0 radical (unpaired) electrons. The van der Waals surface area contributed by atoms with E-state index in [0.29, 0.717) is 18.9 Å². The number of allylic oxidation sites excluding steroid dienone is 1. The number of nitrogens with one attached hydrogen (secondary N) is 1. The maximum Gasteiger partial charge on any atom is 0.222 e. The molecule has 1 amide bonds. The number of primary amides is 1. The zero-order valence-electron chi connectivity index (χ0n) is 20.4. The Morgan fingerprint density at radius 3 is 2.62 bits per heavy atom. The molecule has 34 heavy (non-hydrogen) atoms. The van der Waals surface area contributed by atoms with Crippen molar-refractivity contribution in [3.63, 3.8) is 0 Å². The van der Waals surface area contributed by atoms with Crippen LogP contribution in [-0.4, -0.2) is 10.5 Å². The average Bonchev–Trinajstić information content (AvgIpc) is 3.03. The molecule has 1 unspecified atom stereocenters. The number of carbonyl (C=O) groups is 1. The van der Waals surface area contributed by atoms with Crippen LogP contribution in [0.1, 0.15) is 67.2 Å². The summed E-state index contributed by atoms with van der Waals surface area (Å²) in [5.74, 6) is 0.0332. The third-order valence-corrected chi connectivity index (χ3v) is 7.98. The zero-order chi connectivity index (χ0) is 24.0. The molecule has 176 valence electrons. The summed E-state index contributed by atoms with van der Waals surface area (Å²) in [5, 5.41) is 4.58. The van der Waals surface area contributed by atoms with Gasteiger partial charge in [0.15, 0.2) is 0 Å². The van der Waals surface area contributed by atoms with E-state index in [2.05, 4.69) is 67.2 Å². The van der Waals surface area contributed by atoms with Gasteiger partial charge < -0.3 is 15.6 Å². The lowest BCUT2D eigenvalue weighted by Crippen LogP contribution is -2.28. The second kappa shape index (κ2) is 8.83. The smallest absolute Gasteiger partial charge is 0.222 e. The van der Waals surface area contributed by atoms with Crippen molar-refractivity contribution in [2.75, 3.05) is 5.32 Å². The minimum atomic E-state index is -0.263. The topological polar surface area (TPSA) is 60.0 Å². The summed E-state index contributed by atoms with van der Waals surface area (Å²) in [4.78, 5) is 12.6. The highest BCUT2D eigenvalue weighted by atomic mass is 16.1. The highest BCUT2D eigenvalue weighted by molar-refractivity contribution is 5.96. The zero-order valence-corrected chi connectivity index (χ0v) is 20.4. The van der Waals surface area contributed by atoms with Gasteiger partial charge >= 0.3 is 0 Å². The van der Waals surface area contributed by atoms with Crippen molar-refractivity contribution in [2.45, 2.75) is 64.8 Å². The van der Waals surface area contributed by atoms with E-state index in [9.17, 15) is 4.79 Å². The number of nitrogens with two attached hydrogens (primary N) is 1. The Bertz CT molecular complexity index is 1310. The van der Waals surface area contributed by atoms with Crippen LogP contribution in [0, 0.1) is 12.8 Å². The van der Waals surface area contributed by atoms with Crippen molar-refractivity contribution in [1.82, 2.24) is 4.57 Å². The van der Waals surface area contributed by atoms with Crippen LogP contribution < -0.4 is 11.1 Å². The lowest BCUT2D eigenvalue weighted by atomic mass is 9.80. The van der Waals surface area contributed by atoms with Crippen molar-refractivity contribution >= 4 is 28.1 Å². The number of carbonyl (C=O) groups excluding carboxylic acids is 1. The van der Waals surface area contributed by atoms with E-state index in [1.165, 1.54) is 71.0 Å². The summed E-state index contributed by atoms with van der Waals surface area (Å²) in [6.45, 7) is 12.8. The quantitative estimate of drug-likeness (QED) is 0.441. The summed E-state index contributed by atoms with van der Waals surface area (Å²) in [6, 6.07) is 11.1. The molecule has 0 bridgehead atoms. The van der Waals surface area contributed by atoms with Crippen molar-refractivity contribution in [2.24, 2.45) is 11.7 Å². The molecule has 2 heterocycles. The van der Waals surface area contributed by atoms with E-state index in [4.69, 9.17) is 5.73 Å². The summed E-state index contributed by atoms with van der Waals surface area (Å²) in [5.41, 5.74) is 16.8. The normalized spacial score (nSPS) is 18.1. The van der Waals surface area contributed by atoms with Crippen LogP contribution >= 0.6 is 0 Å². The molecular formula is C30H35N3O. The highest BCUT2D eigenvalue weighted by Gasteiger charge is 2.33. The van der Waals surface area contributed by atoms with Crippen LogP contribution in [0.3, 0.4) is 0 Å². The number of hydrogen-bond acceptors (Lipinski definition) is 2. The molecule has 2 aromatic carbocycles. The third-order valence-electron chi connectivity index (χ3n) is 7.98. The van der Waals surface area contributed by atoms with Crippen molar-refractivity contribution in [3.05, 3.63) is 71.9 Å². The fourth-order valence-corrected chi connectivity index (χ4v) is 6.16. The fraction of sp³-hybridized carbons (Fsp3) is 0.367. The van der Waals surface area contributed by atoms with E-state index in [0.717, 1.165) is 16.8 Å². The first-order valence-electron chi connectivity index (χ1n) is 12.5. The highest BCUT2D eigenvalue weighted by Crippen LogP contribution is 2.48. The molecule has 2 aliphatic rings. The van der Waals surface area contributed by atoms with Gasteiger partial charge in [0.1, 0.15) is 0 Å². The summed E-state index contributed by atoms with van der Waals surface area (Å²) in [7, 11) is 0. The molecule has 1 atom stereocenters. The number of fused-ring (bicyclic) bond motifs is 5. The van der Waals surface area contributed by atoms with E-state index < -0.39 is 0 Å². The first-order chi connectivity index (χ1) is 16.4. The first kappa shape index (κ1) is 22.5. The minimum absolute atomic E-state index is 0.239. The van der Waals surface area contributed by atoms with Crippen LogP contribution in [-0.2, 0) is 17.8 Å². The Morgan fingerprint density at radius 1 is 1.18 bits per heavy atom. The van der Waals surface area contributed by atoms with Crippen LogP contribution in [0.15, 0.2) is 49.7 Å². The van der Waals surface area contributed by atoms with Gasteiger partial charge in [-0.2, -0.15) is 0 Å². The Hall–Kier alpha value is -3.27. The van der Waals surface area contributed by atoms with E-state index >= 15 is 0 Å². The molecule has 1 aromatic heterocycles. The van der Waals surface area contributed by atoms with Gasteiger partial charge in [0.2, 0.25) is 5.91 Å². The van der Waals surface area contributed by atoms with Gasteiger partial charge in [0.25, 0.3) is 0 Å². The minimum Gasteiger partial charge on any atom is -0.369 e. The Balaban J connectivity index is 1.86. The van der Waals surface area contributed by atoms with Gasteiger partial charge in [-0.1, -0.05) is 56.2 Å². The van der Waals surface area contributed by atoms with Gasteiger partial charge in [-0.3, -0.25) is 4.79 Å². The van der Waals surface area contributed by atoms with E-state index in [1.54, 1.807) is 6.20 Å². The maximum atomic E-state index is 12.6. The van der Waals surface area contributed by atoms with Gasteiger partial charge in [0, 0.05) is 28.7 Å². The molecule has 3 aromatic rings. The van der Waals surface area contributed by atoms with Crippen LogP contribution in [0.2, 0.25) is 0 Å². The van der Waals surface area contributed by atoms with Crippen LogP contribution in [0.5, 0.6) is 0 Å². The molecular weight excluding hydrogens is 418 g/mol. The number of anilines is 1. The van der Waals surface area contributed by atoms with Crippen molar-refractivity contribution in [3.8, 4) is 11.3 Å². The lowest BCUT2D eigenvalue weighted by Gasteiger charge is -2.24. The Morgan fingerprint density at radius 2 is 1.94 bits per heavy atom. The third kappa shape index (κ3) is 3.66. The molecule has 4 heteroatoms. The number of aromatic nitrogens is 1. The molecule has 4 nitrogen and oxygen atoms in total. The molecule has 0 spiro atoms. The largest absolute Gasteiger partial charge is 0.369 e. The fourth-order valence-electron chi connectivity index (χ4n) is 6.16. The molecule has 1 aliphatic carbocycles. The number of hydrogen-bond donors (Lipinski definition) is 2. The first-order valence-corrected chi connectivity index (χ1v) is 12.5. The monoisotopic (exact) mass is 453 g/mol. The average molecular weight is 454 g/mol. The van der Waals surface area contributed by atoms with Crippen molar-refractivity contribution in [1.29, 1.82) is 0 Å². The predicted molar refractivity (Wildman–Crippen MR) is 143 cm³/mol. The number of rotatable bonds is 5. The number of benzene rings is 2. The summed E-state index contributed by atoms with van der Waals surface area (Å²) < 4.78 is 2.40. The van der Waals surface area contributed by atoms with Gasteiger partial charge in [-0.05, 0) is 79.6 Å². The standard InChI is InChI=1S/C30H35N3O/c1-5-32-26-14-13-23-25(19(26)4)15-22(30(31)34)17-33-27-16-21(18(2)3)11-12-24(27)28(29(23)33)20-9-7-6-8-10-20/h5,11-14,16,20,22,32H,1-2,6-10,15,17H2,3-4H3,(H2,31,34). The summed E-state index contributed by atoms with van der Waals surface area (Å²) in [6.07, 6.45) is 8.67. The lowest BCUT2D eigenvalue weighted by molar-refractivity contribution is -0.122. The SMILES string of the molecule is C=CNc1ccc2c(c1C)CC(C(N)=O)Cn1c-2c(C2CCCCC2)c2ccc(C(=C)C)cc21. The maximum absolute atomic E-state index is 12.6. The second-order valence-corrected chi connectivity index (χ2v) is 10.1. The van der Waals surface area contributed by atoms with Crippen molar-refractivity contribution < 1.29 is 4.79 Å². The Labute approximate surface area is 202 Å². The van der Waals surface area contributed by atoms with Gasteiger partial charge in [-0.25, -0.2) is 0 Å². The molecule has 1 saturated carbocycles. The Kier molecular flexibility index (Phi) is 5.85. The molecule has 1 aliphatic heterocycles. The molecule has 0 saturated heterocycles. The number of nitrogens with zero attached hydrogens (tertiary/aromatic N) is 1. The molecule has 1 fully saturated rings. The van der Waals surface area contributed by atoms with Crippen LogP contribution in [0.25, 0.3) is 27.7 Å². The second-order valence-electron chi connectivity index (χ2n) is 10.1. The predicted octanol–water partition coefficient (Wildman–Crippen LogP) is 6.91. The van der Waals surface area contributed by atoms with Crippen LogP contribution in [0.4, 0.5) is 5.69 Å². The number of amides is 1. The van der Waals surface area contributed by atoms with Gasteiger partial charge in [0.05, 0.1) is 11.6 Å². The van der Waals surface area contributed by atoms with E-state index in [-0.39, 0.29) is 11.8 Å². The summed E-state index contributed by atoms with van der Waals surface area (Å²) >= 11 is 0. The van der Waals surface area contributed by atoms with Gasteiger partial charge in [-0.15, -0.1) is 0 Å². The van der Waals surface area contributed by atoms with E-state index in [1.807, 2.05) is 0 Å². The molecule has 5 rings (SSSR count). The molecule has 3 N–H and O–H groups in total.